The Balaban J connectivity index is 1.43. The Morgan fingerprint density at radius 3 is 2.22 bits per heavy atom. The molecule has 4 nitrogen and oxygen atoms in total. The molecule has 1 saturated heterocycles. The highest BCUT2D eigenvalue weighted by Crippen LogP contribution is 2.19. The van der Waals surface area contributed by atoms with E-state index in [1.54, 1.807) is 12.1 Å². The van der Waals surface area contributed by atoms with Crippen molar-refractivity contribution in [2.75, 3.05) is 13.1 Å². The summed E-state index contributed by atoms with van der Waals surface area (Å²) in [5.74, 6) is 0.172. The summed E-state index contributed by atoms with van der Waals surface area (Å²) < 4.78 is 0. The lowest BCUT2D eigenvalue weighted by Crippen LogP contribution is -2.43. The first-order chi connectivity index (χ1) is 13.0. The van der Waals surface area contributed by atoms with Crippen LogP contribution in [0.5, 0.6) is 0 Å². The van der Waals surface area contributed by atoms with Crippen LogP contribution in [0.4, 0.5) is 0 Å². The summed E-state index contributed by atoms with van der Waals surface area (Å²) >= 11 is 5.88. The maximum atomic E-state index is 12.5. The maximum absolute atomic E-state index is 12.5. The fourth-order valence-corrected chi connectivity index (χ4v) is 3.45. The van der Waals surface area contributed by atoms with E-state index in [2.05, 4.69) is 5.32 Å². The third kappa shape index (κ3) is 5.57. The zero-order valence-electron chi connectivity index (χ0n) is 15.6. The van der Waals surface area contributed by atoms with E-state index in [0.717, 1.165) is 11.1 Å². The lowest BCUT2D eigenvalue weighted by molar-refractivity contribution is -0.135. The monoisotopic (exact) mass is 384 g/mol. The molecule has 0 spiro atoms. The fraction of sp³-hybridized carbons (Fsp3) is 0.364. The van der Waals surface area contributed by atoms with Gasteiger partial charge in [-0.3, -0.25) is 9.59 Å². The third-order valence-electron chi connectivity index (χ3n) is 5.07. The van der Waals surface area contributed by atoms with Crippen LogP contribution in [0.1, 0.15) is 29.5 Å². The standard InChI is InChI=1S/C22H25ClN2O2/c1-16-2-4-18(5-3-16)15-24-22(27)19-10-12-25(13-11-19)21(26)14-17-6-8-20(23)9-7-17/h2-9,19H,10-15H2,1H3,(H,24,27). The number of hydrogen-bond acceptors (Lipinski definition) is 2. The number of benzene rings is 2. The summed E-state index contributed by atoms with van der Waals surface area (Å²) in [6, 6.07) is 15.5. The van der Waals surface area contributed by atoms with Gasteiger partial charge in [-0.05, 0) is 43.0 Å². The van der Waals surface area contributed by atoms with E-state index in [1.165, 1.54) is 5.56 Å². The molecular formula is C22H25ClN2O2. The quantitative estimate of drug-likeness (QED) is 0.853. The predicted molar refractivity (Wildman–Crippen MR) is 107 cm³/mol. The lowest BCUT2D eigenvalue weighted by Gasteiger charge is -2.31. The Hall–Kier alpha value is -2.33. The molecular weight excluding hydrogens is 360 g/mol. The van der Waals surface area contributed by atoms with E-state index in [4.69, 9.17) is 11.6 Å². The molecule has 27 heavy (non-hydrogen) atoms. The molecule has 0 saturated carbocycles. The van der Waals surface area contributed by atoms with Crippen molar-refractivity contribution in [3.05, 3.63) is 70.2 Å². The molecule has 0 radical (unpaired) electrons. The normalized spacial score (nSPS) is 14.8. The van der Waals surface area contributed by atoms with Gasteiger partial charge in [0.15, 0.2) is 0 Å². The minimum atomic E-state index is -0.0185. The molecule has 2 aromatic carbocycles. The number of halogens is 1. The smallest absolute Gasteiger partial charge is 0.226 e. The van der Waals surface area contributed by atoms with Crippen LogP contribution >= 0.6 is 11.6 Å². The second-order valence-electron chi connectivity index (χ2n) is 7.16. The zero-order valence-corrected chi connectivity index (χ0v) is 16.3. The number of hydrogen-bond donors (Lipinski definition) is 1. The molecule has 2 aromatic rings. The molecule has 0 aromatic heterocycles. The number of nitrogens with zero attached hydrogens (tertiary/aromatic N) is 1. The summed E-state index contributed by atoms with van der Waals surface area (Å²) in [5.41, 5.74) is 3.27. The first-order valence-electron chi connectivity index (χ1n) is 9.37. The summed E-state index contributed by atoms with van der Waals surface area (Å²) in [6.07, 6.45) is 1.81. The van der Waals surface area contributed by atoms with E-state index in [1.807, 2.05) is 48.2 Å². The third-order valence-corrected chi connectivity index (χ3v) is 5.33. The molecule has 0 unspecified atom stereocenters. The summed E-state index contributed by atoms with van der Waals surface area (Å²) in [4.78, 5) is 26.7. The zero-order chi connectivity index (χ0) is 19.2. The minimum absolute atomic E-state index is 0.0185. The number of amides is 2. The van der Waals surface area contributed by atoms with E-state index in [-0.39, 0.29) is 17.7 Å². The number of aryl methyl sites for hydroxylation is 1. The van der Waals surface area contributed by atoms with Crippen LogP contribution in [0, 0.1) is 12.8 Å². The molecule has 2 amide bonds. The van der Waals surface area contributed by atoms with Gasteiger partial charge in [0.05, 0.1) is 6.42 Å². The van der Waals surface area contributed by atoms with Crippen molar-refractivity contribution in [1.29, 1.82) is 0 Å². The van der Waals surface area contributed by atoms with Crippen molar-refractivity contribution < 1.29 is 9.59 Å². The van der Waals surface area contributed by atoms with Crippen molar-refractivity contribution in [1.82, 2.24) is 10.2 Å². The van der Waals surface area contributed by atoms with Gasteiger partial charge < -0.3 is 10.2 Å². The van der Waals surface area contributed by atoms with Crippen molar-refractivity contribution in [2.24, 2.45) is 5.92 Å². The Morgan fingerprint density at radius 2 is 1.59 bits per heavy atom. The molecule has 1 fully saturated rings. The summed E-state index contributed by atoms with van der Waals surface area (Å²) in [5, 5.41) is 3.69. The Bertz CT molecular complexity index is 779. The van der Waals surface area contributed by atoms with Crippen LogP contribution in [0.25, 0.3) is 0 Å². The maximum Gasteiger partial charge on any atom is 0.226 e. The first kappa shape index (κ1) is 19.4. The van der Waals surface area contributed by atoms with E-state index in [0.29, 0.717) is 43.9 Å². The van der Waals surface area contributed by atoms with Gasteiger partial charge in [0.1, 0.15) is 0 Å². The SMILES string of the molecule is Cc1ccc(CNC(=O)C2CCN(C(=O)Cc3ccc(Cl)cc3)CC2)cc1. The minimum Gasteiger partial charge on any atom is -0.352 e. The number of carbonyl (C=O) groups excluding carboxylic acids is 2. The van der Waals surface area contributed by atoms with Crippen LogP contribution in [0.3, 0.4) is 0 Å². The van der Waals surface area contributed by atoms with Crippen molar-refractivity contribution >= 4 is 23.4 Å². The molecule has 1 aliphatic rings. The number of carbonyl (C=O) groups is 2. The second-order valence-corrected chi connectivity index (χ2v) is 7.60. The van der Waals surface area contributed by atoms with Gasteiger partial charge in [-0.1, -0.05) is 53.6 Å². The van der Waals surface area contributed by atoms with E-state index in [9.17, 15) is 9.59 Å². The molecule has 0 bridgehead atoms. The van der Waals surface area contributed by atoms with Crippen LogP contribution in [0.2, 0.25) is 5.02 Å². The molecule has 3 rings (SSSR count). The highest BCUT2D eigenvalue weighted by molar-refractivity contribution is 6.30. The van der Waals surface area contributed by atoms with Gasteiger partial charge in [-0.25, -0.2) is 0 Å². The highest BCUT2D eigenvalue weighted by Gasteiger charge is 2.27. The summed E-state index contributed by atoms with van der Waals surface area (Å²) in [6.45, 7) is 3.86. The van der Waals surface area contributed by atoms with Crippen molar-refractivity contribution in [3.8, 4) is 0 Å². The van der Waals surface area contributed by atoms with Crippen molar-refractivity contribution in [3.63, 3.8) is 0 Å². The average molecular weight is 385 g/mol. The predicted octanol–water partition coefficient (Wildman–Crippen LogP) is 3.75. The molecule has 0 aliphatic carbocycles. The molecule has 0 atom stereocenters. The Kier molecular flexibility index (Phi) is 6.51. The van der Waals surface area contributed by atoms with Gasteiger partial charge in [-0.15, -0.1) is 0 Å². The Morgan fingerprint density at radius 1 is 1.00 bits per heavy atom. The fourth-order valence-electron chi connectivity index (χ4n) is 3.32. The van der Waals surface area contributed by atoms with Gasteiger partial charge >= 0.3 is 0 Å². The van der Waals surface area contributed by atoms with Gasteiger partial charge in [0.25, 0.3) is 0 Å². The number of piperidine rings is 1. The highest BCUT2D eigenvalue weighted by atomic mass is 35.5. The van der Waals surface area contributed by atoms with Crippen LogP contribution < -0.4 is 5.32 Å². The van der Waals surface area contributed by atoms with Gasteiger partial charge in [0, 0.05) is 30.6 Å². The number of rotatable bonds is 5. The van der Waals surface area contributed by atoms with Gasteiger partial charge in [-0.2, -0.15) is 0 Å². The topological polar surface area (TPSA) is 49.4 Å². The van der Waals surface area contributed by atoms with Gasteiger partial charge in [0.2, 0.25) is 11.8 Å². The summed E-state index contributed by atoms with van der Waals surface area (Å²) in [7, 11) is 0. The molecule has 1 N–H and O–H groups in total. The largest absolute Gasteiger partial charge is 0.352 e. The Labute approximate surface area is 165 Å². The first-order valence-corrected chi connectivity index (χ1v) is 9.74. The number of nitrogens with one attached hydrogen (secondary N) is 1. The average Bonchev–Trinajstić information content (AvgIpc) is 2.69. The van der Waals surface area contributed by atoms with Crippen LogP contribution in [-0.2, 0) is 22.6 Å². The second kappa shape index (κ2) is 9.05. The lowest BCUT2D eigenvalue weighted by atomic mass is 9.95. The van der Waals surface area contributed by atoms with Crippen LogP contribution in [0.15, 0.2) is 48.5 Å². The molecule has 1 heterocycles. The van der Waals surface area contributed by atoms with E-state index >= 15 is 0 Å². The van der Waals surface area contributed by atoms with Crippen LogP contribution in [-0.4, -0.2) is 29.8 Å². The molecule has 142 valence electrons. The number of likely N-dealkylation sites (tertiary alicyclic amines) is 1. The van der Waals surface area contributed by atoms with E-state index < -0.39 is 0 Å². The van der Waals surface area contributed by atoms with Crippen molar-refractivity contribution in [2.45, 2.75) is 32.7 Å². The molecule has 1 aliphatic heterocycles. The molecule has 5 heteroatoms.